The van der Waals surface area contributed by atoms with Crippen LogP contribution >= 0.6 is 23.8 Å². The summed E-state index contributed by atoms with van der Waals surface area (Å²) in [5.41, 5.74) is 4.42. The van der Waals surface area contributed by atoms with Gasteiger partial charge in [0, 0.05) is 19.7 Å². The number of nitrogens with one attached hydrogen (secondary N) is 2. The summed E-state index contributed by atoms with van der Waals surface area (Å²) in [6.45, 7) is 7.40. The van der Waals surface area contributed by atoms with E-state index in [0.717, 1.165) is 30.6 Å². The molecule has 22 heavy (non-hydrogen) atoms. The normalized spacial score (nSPS) is 12.6. The van der Waals surface area contributed by atoms with Crippen LogP contribution in [0, 0.1) is 6.92 Å². The Bertz CT molecular complexity index is 518. The molecule has 1 rings (SSSR count). The van der Waals surface area contributed by atoms with E-state index in [2.05, 4.69) is 27.9 Å². The first-order valence-corrected chi connectivity index (χ1v) is 8.09. The van der Waals surface area contributed by atoms with Crippen molar-refractivity contribution in [3.8, 4) is 0 Å². The standard InChI is InChI=1S/C14H24ClN5OS/c1-5-6-7-20-13(15)12(11(3)19-20)8-16-18-14(22)17-10(2)9-21-4/h8,10H,5-7,9H2,1-4H3,(H2,17,18,22)/b16-8-/t10-/m1/s1. The fraction of sp³-hybridized carbons (Fsp3) is 0.643. The summed E-state index contributed by atoms with van der Waals surface area (Å²) in [5, 5.41) is 12.6. The average Bonchev–Trinajstić information content (AvgIpc) is 2.72. The predicted molar refractivity (Wildman–Crippen MR) is 94.7 cm³/mol. The van der Waals surface area contributed by atoms with Crippen LogP contribution in [0.15, 0.2) is 5.10 Å². The molecule has 0 saturated carbocycles. The minimum atomic E-state index is 0.113. The van der Waals surface area contributed by atoms with E-state index in [1.165, 1.54) is 0 Å². The van der Waals surface area contributed by atoms with Gasteiger partial charge >= 0.3 is 0 Å². The number of thiocarbonyl (C=S) groups is 1. The van der Waals surface area contributed by atoms with E-state index >= 15 is 0 Å². The van der Waals surface area contributed by atoms with E-state index in [1.54, 1.807) is 18.0 Å². The fourth-order valence-electron chi connectivity index (χ4n) is 1.87. The molecule has 0 aliphatic rings. The highest BCUT2D eigenvalue weighted by Gasteiger charge is 2.11. The largest absolute Gasteiger partial charge is 0.383 e. The molecule has 0 bridgehead atoms. The second-order valence-corrected chi connectivity index (χ2v) is 5.83. The van der Waals surface area contributed by atoms with Gasteiger partial charge < -0.3 is 10.1 Å². The Morgan fingerprint density at radius 3 is 2.95 bits per heavy atom. The van der Waals surface area contributed by atoms with Crippen molar-refractivity contribution in [3.05, 3.63) is 16.4 Å². The van der Waals surface area contributed by atoms with Gasteiger partial charge in [-0.3, -0.25) is 10.1 Å². The summed E-state index contributed by atoms with van der Waals surface area (Å²) in [7, 11) is 1.65. The first-order valence-electron chi connectivity index (χ1n) is 7.31. The van der Waals surface area contributed by atoms with Crippen molar-refractivity contribution in [2.75, 3.05) is 13.7 Å². The molecule has 1 aromatic heterocycles. The zero-order valence-electron chi connectivity index (χ0n) is 13.5. The Kier molecular flexibility index (Phi) is 8.37. The molecule has 0 aliphatic carbocycles. The molecule has 124 valence electrons. The average molecular weight is 346 g/mol. The number of ether oxygens (including phenoxy) is 1. The minimum absolute atomic E-state index is 0.113. The summed E-state index contributed by atoms with van der Waals surface area (Å²) in [6.07, 6.45) is 3.78. The quantitative estimate of drug-likeness (QED) is 0.430. The maximum atomic E-state index is 6.32. The number of methoxy groups -OCH3 is 1. The molecule has 1 heterocycles. The molecular weight excluding hydrogens is 322 g/mol. The number of aromatic nitrogens is 2. The van der Waals surface area contributed by atoms with Crippen LogP contribution in [0.1, 0.15) is 37.9 Å². The number of unbranched alkanes of at least 4 members (excludes halogenated alkanes) is 1. The third-order valence-corrected chi connectivity index (χ3v) is 3.59. The monoisotopic (exact) mass is 345 g/mol. The van der Waals surface area contributed by atoms with Crippen molar-refractivity contribution >= 4 is 35.1 Å². The van der Waals surface area contributed by atoms with Crippen molar-refractivity contribution in [2.24, 2.45) is 5.10 Å². The van der Waals surface area contributed by atoms with E-state index in [4.69, 9.17) is 28.6 Å². The van der Waals surface area contributed by atoms with Crippen LogP contribution in [0.4, 0.5) is 0 Å². The van der Waals surface area contributed by atoms with Gasteiger partial charge in [0.15, 0.2) is 5.11 Å². The van der Waals surface area contributed by atoms with Crippen LogP contribution < -0.4 is 10.7 Å². The summed E-state index contributed by atoms with van der Waals surface area (Å²) >= 11 is 11.5. The van der Waals surface area contributed by atoms with Crippen LogP contribution in [-0.4, -0.2) is 40.9 Å². The number of hydrogen-bond donors (Lipinski definition) is 2. The molecule has 0 spiro atoms. The molecule has 8 heteroatoms. The molecule has 6 nitrogen and oxygen atoms in total. The number of hydrazone groups is 1. The zero-order chi connectivity index (χ0) is 16.5. The number of hydrogen-bond acceptors (Lipinski definition) is 4. The molecule has 1 aromatic rings. The van der Waals surface area contributed by atoms with Crippen LogP contribution in [0.25, 0.3) is 0 Å². The molecular formula is C14H24ClN5OS. The first-order chi connectivity index (χ1) is 10.5. The number of halogens is 1. The molecule has 0 saturated heterocycles. The van der Waals surface area contributed by atoms with Gasteiger partial charge in [0.05, 0.1) is 24.1 Å². The minimum Gasteiger partial charge on any atom is -0.383 e. The van der Waals surface area contributed by atoms with Crippen molar-refractivity contribution in [3.63, 3.8) is 0 Å². The van der Waals surface area contributed by atoms with E-state index in [1.807, 2.05) is 13.8 Å². The van der Waals surface area contributed by atoms with Crippen LogP contribution in [0.5, 0.6) is 0 Å². The Balaban J connectivity index is 2.59. The topological polar surface area (TPSA) is 63.5 Å². The van der Waals surface area contributed by atoms with Crippen LogP contribution in [-0.2, 0) is 11.3 Å². The molecule has 1 atom stereocenters. The van der Waals surface area contributed by atoms with Gasteiger partial charge in [-0.15, -0.1) is 0 Å². The molecule has 0 amide bonds. The SMILES string of the molecule is CCCCn1nc(C)c(/C=N\NC(=S)N[C@H](C)COC)c1Cl. The van der Waals surface area contributed by atoms with Crippen molar-refractivity contribution < 1.29 is 4.74 Å². The van der Waals surface area contributed by atoms with Crippen molar-refractivity contribution in [2.45, 2.75) is 46.2 Å². The maximum absolute atomic E-state index is 6.32. The number of nitrogens with zero attached hydrogens (tertiary/aromatic N) is 3. The van der Waals surface area contributed by atoms with Gasteiger partial charge in [-0.05, 0) is 32.5 Å². The zero-order valence-corrected chi connectivity index (χ0v) is 15.1. The van der Waals surface area contributed by atoms with Gasteiger partial charge in [0.2, 0.25) is 0 Å². The second-order valence-electron chi connectivity index (χ2n) is 5.07. The molecule has 0 unspecified atom stereocenters. The van der Waals surface area contributed by atoms with Gasteiger partial charge in [0.1, 0.15) is 5.15 Å². The van der Waals surface area contributed by atoms with Gasteiger partial charge in [0.25, 0.3) is 0 Å². The lowest BCUT2D eigenvalue weighted by Crippen LogP contribution is -2.40. The lowest BCUT2D eigenvalue weighted by atomic mass is 10.3. The highest BCUT2D eigenvalue weighted by Crippen LogP contribution is 2.18. The number of rotatable bonds is 8. The first kappa shape index (κ1) is 18.9. The van der Waals surface area contributed by atoms with E-state index in [9.17, 15) is 0 Å². The highest BCUT2D eigenvalue weighted by molar-refractivity contribution is 7.80. The molecule has 0 radical (unpaired) electrons. The Hall–Kier alpha value is -1.18. The smallest absolute Gasteiger partial charge is 0.187 e. The lowest BCUT2D eigenvalue weighted by Gasteiger charge is -2.13. The summed E-state index contributed by atoms with van der Waals surface area (Å²) in [4.78, 5) is 0. The van der Waals surface area contributed by atoms with Gasteiger partial charge in [-0.1, -0.05) is 24.9 Å². The Morgan fingerprint density at radius 2 is 2.32 bits per heavy atom. The molecule has 0 fully saturated rings. The third-order valence-electron chi connectivity index (χ3n) is 2.99. The van der Waals surface area contributed by atoms with E-state index in [-0.39, 0.29) is 6.04 Å². The van der Waals surface area contributed by atoms with Crippen molar-refractivity contribution in [1.82, 2.24) is 20.5 Å². The van der Waals surface area contributed by atoms with Gasteiger partial charge in [-0.25, -0.2) is 0 Å². The summed E-state index contributed by atoms with van der Waals surface area (Å²) in [6, 6.07) is 0.113. The van der Waals surface area contributed by atoms with Crippen LogP contribution in [0.2, 0.25) is 5.15 Å². The van der Waals surface area contributed by atoms with E-state index < -0.39 is 0 Å². The third kappa shape index (κ3) is 5.90. The highest BCUT2D eigenvalue weighted by atomic mass is 35.5. The Labute approximate surface area is 142 Å². The van der Waals surface area contributed by atoms with E-state index in [0.29, 0.717) is 16.9 Å². The van der Waals surface area contributed by atoms with Crippen molar-refractivity contribution in [1.29, 1.82) is 0 Å². The Morgan fingerprint density at radius 1 is 1.59 bits per heavy atom. The fourth-order valence-corrected chi connectivity index (χ4v) is 2.43. The summed E-state index contributed by atoms with van der Waals surface area (Å²) < 4.78 is 6.83. The summed E-state index contributed by atoms with van der Waals surface area (Å²) in [5.74, 6) is 0. The molecule has 0 aliphatic heterocycles. The van der Waals surface area contributed by atoms with Crippen LogP contribution in [0.3, 0.4) is 0 Å². The molecule has 2 N–H and O–H groups in total. The number of aryl methyl sites for hydroxylation is 2. The lowest BCUT2D eigenvalue weighted by molar-refractivity contribution is 0.179. The maximum Gasteiger partial charge on any atom is 0.187 e. The predicted octanol–water partition coefficient (Wildman–Crippen LogP) is 2.48. The van der Waals surface area contributed by atoms with Gasteiger partial charge in [-0.2, -0.15) is 10.2 Å². The molecule has 0 aromatic carbocycles. The second kappa shape index (κ2) is 9.76.